The molecule has 0 aliphatic carbocycles. The Balaban J connectivity index is 1.66. The van der Waals surface area contributed by atoms with E-state index in [0.29, 0.717) is 6.42 Å². The molecule has 1 aliphatic heterocycles. The molecule has 3 rings (SSSR count). The van der Waals surface area contributed by atoms with Crippen LogP contribution in [0.25, 0.3) is 10.2 Å². The molecule has 0 unspecified atom stereocenters. The summed E-state index contributed by atoms with van der Waals surface area (Å²) in [5.41, 5.74) is 1.07. The number of ether oxygens (including phenoxy) is 1. The van der Waals surface area contributed by atoms with Crippen molar-refractivity contribution in [3.05, 3.63) is 29.3 Å². The van der Waals surface area contributed by atoms with Crippen molar-refractivity contribution in [3.8, 4) is 0 Å². The number of thiazole rings is 1. The largest absolute Gasteiger partial charge is 0.462 e. The molecular weight excluding hydrogens is 234 g/mol. The van der Waals surface area contributed by atoms with Gasteiger partial charge in [0.15, 0.2) is 0 Å². The van der Waals surface area contributed by atoms with Crippen molar-refractivity contribution in [1.82, 2.24) is 4.98 Å². The van der Waals surface area contributed by atoms with E-state index in [4.69, 9.17) is 4.74 Å². The SMILES string of the molecule is O=C1CC[C@H](CCc2nc3ccccc3s2)O1. The van der Waals surface area contributed by atoms with Gasteiger partial charge in [-0.05, 0) is 25.0 Å². The second-order valence-electron chi connectivity index (χ2n) is 4.26. The van der Waals surface area contributed by atoms with E-state index in [9.17, 15) is 4.79 Å². The number of carbonyl (C=O) groups is 1. The highest BCUT2D eigenvalue weighted by Gasteiger charge is 2.23. The zero-order chi connectivity index (χ0) is 11.7. The zero-order valence-corrected chi connectivity index (χ0v) is 10.2. The zero-order valence-electron chi connectivity index (χ0n) is 9.39. The van der Waals surface area contributed by atoms with Crippen LogP contribution in [0.1, 0.15) is 24.3 Å². The normalized spacial score (nSPS) is 19.8. The first kappa shape index (κ1) is 10.7. The summed E-state index contributed by atoms with van der Waals surface area (Å²) >= 11 is 1.73. The Kier molecular flexibility index (Phi) is 2.81. The molecule has 0 radical (unpaired) electrons. The number of esters is 1. The van der Waals surface area contributed by atoms with E-state index in [1.54, 1.807) is 11.3 Å². The molecule has 0 saturated carbocycles. The van der Waals surface area contributed by atoms with Gasteiger partial charge in [0, 0.05) is 12.8 Å². The predicted octanol–water partition coefficient (Wildman–Crippen LogP) is 2.93. The lowest BCUT2D eigenvalue weighted by atomic mass is 10.1. The monoisotopic (exact) mass is 247 g/mol. The molecule has 0 N–H and O–H groups in total. The second-order valence-corrected chi connectivity index (χ2v) is 5.38. The van der Waals surface area contributed by atoms with Gasteiger partial charge in [-0.15, -0.1) is 11.3 Å². The number of aryl methyl sites for hydroxylation is 1. The van der Waals surface area contributed by atoms with E-state index < -0.39 is 0 Å². The number of hydrogen-bond acceptors (Lipinski definition) is 4. The third-order valence-corrected chi connectivity index (χ3v) is 4.08. The van der Waals surface area contributed by atoms with E-state index in [-0.39, 0.29) is 12.1 Å². The van der Waals surface area contributed by atoms with Crippen LogP contribution in [0.4, 0.5) is 0 Å². The summed E-state index contributed by atoms with van der Waals surface area (Å²) in [5, 5.41) is 1.13. The van der Waals surface area contributed by atoms with Crippen LogP contribution in [0.15, 0.2) is 24.3 Å². The summed E-state index contributed by atoms with van der Waals surface area (Å²) in [5.74, 6) is -0.0562. The van der Waals surface area contributed by atoms with Crippen LogP contribution in [0, 0.1) is 0 Å². The smallest absolute Gasteiger partial charge is 0.306 e. The molecule has 1 saturated heterocycles. The Labute approximate surface area is 103 Å². The molecule has 2 aromatic rings. The Hall–Kier alpha value is -1.42. The molecule has 1 fully saturated rings. The summed E-state index contributed by atoms with van der Waals surface area (Å²) in [6, 6.07) is 8.16. The molecule has 2 heterocycles. The van der Waals surface area contributed by atoms with Crippen molar-refractivity contribution in [2.75, 3.05) is 0 Å². The number of fused-ring (bicyclic) bond motifs is 1. The number of hydrogen-bond donors (Lipinski definition) is 0. The summed E-state index contributed by atoms with van der Waals surface area (Å²) in [6.45, 7) is 0. The van der Waals surface area contributed by atoms with E-state index in [2.05, 4.69) is 11.1 Å². The maximum absolute atomic E-state index is 11.0. The molecule has 1 aliphatic rings. The van der Waals surface area contributed by atoms with Crippen molar-refractivity contribution in [2.24, 2.45) is 0 Å². The van der Waals surface area contributed by atoms with Crippen LogP contribution in [-0.4, -0.2) is 17.1 Å². The minimum absolute atomic E-state index is 0.0562. The molecule has 1 aromatic heterocycles. The lowest BCUT2D eigenvalue weighted by Gasteiger charge is -2.06. The van der Waals surface area contributed by atoms with Crippen LogP contribution >= 0.6 is 11.3 Å². The lowest BCUT2D eigenvalue weighted by molar-refractivity contribution is -0.141. The minimum atomic E-state index is -0.0562. The lowest BCUT2D eigenvalue weighted by Crippen LogP contribution is -2.07. The molecule has 88 valence electrons. The fourth-order valence-corrected chi connectivity index (χ4v) is 3.08. The fraction of sp³-hybridized carbons (Fsp3) is 0.385. The number of cyclic esters (lactones) is 1. The van der Waals surface area contributed by atoms with Crippen LogP contribution in [0.5, 0.6) is 0 Å². The van der Waals surface area contributed by atoms with Gasteiger partial charge >= 0.3 is 5.97 Å². The Morgan fingerprint density at radius 2 is 2.29 bits per heavy atom. The molecular formula is C13H13NO2S. The topological polar surface area (TPSA) is 39.2 Å². The van der Waals surface area contributed by atoms with Gasteiger partial charge in [-0.2, -0.15) is 0 Å². The van der Waals surface area contributed by atoms with Crippen LogP contribution in [-0.2, 0) is 16.0 Å². The van der Waals surface area contributed by atoms with Gasteiger partial charge in [0.25, 0.3) is 0 Å². The highest BCUT2D eigenvalue weighted by molar-refractivity contribution is 7.18. The van der Waals surface area contributed by atoms with Gasteiger partial charge in [0.05, 0.1) is 15.2 Å². The van der Waals surface area contributed by atoms with Gasteiger partial charge in [-0.3, -0.25) is 4.79 Å². The average molecular weight is 247 g/mol. The average Bonchev–Trinajstić information content (AvgIpc) is 2.91. The minimum Gasteiger partial charge on any atom is -0.462 e. The quantitative estimate of drug-likeness (QED) is 0.783. The molecule has 3 nitrogen and oxygen atoms in total. The second kappa shape index (κ2) is 4.45. The first-order chi connectivity index (χ1) is 8.31. The van der Waals surface area contributed by atoms with E-state index in [1.807, 2.05) is 18.2 Å². The standard InChI is InChI=1S/C13H13NO2S/c15-13-8-6-9(16-13)5-7-12-14-10-3-1-2-4-11(10)17-12/h1-4,9H,5-8H2/t9-/m0/s1. The van der Waals surface area contributed by atoms with Crippen molar-refractivity contribution < 1.29 is 9.53 Å². The Bertz CT molecular complexity index is 516. The summed E-state index contributed by atoms with van der Waals surface area (Å²) < 4.78 is 6.42. The van der Waals surface area contributed by atoms with E-state index in [0.717, 1.165) is 29.8 Å². The number of nitrogens with zero attached hydrogens (tertiary/aromatic N) is 1. The Morgan fingerprint density at radius 1 is 1.41 bits per heavy atom. The van der Waals surface area contributed by atoms with Crippen molar-refractivity contribution >= 4 is 27.5 Å². The van der Waals surface area contributed by atoms with Gasteiger partial charge < -0.3 is 4.74 Å². The van der Waals surface area contributed by atoms with Gasteiger partial charge in [-0.1, -0.05) is 12.1 Å². The van der Waals surface area contributed by atoms with E-state index in [1.165, 1.54) is 4.70 Å². The van der Waals surface area contributed by atoms with Crippen molar-refractivity contribution in [2.45, 2.75) is 31.8 Å². The van der Waals surface area contributed by atoms with Crippen LogP contribution in [0.2, 0.25) is 0 Å². The van der Waals surface area contributed by atoms with Gasteiger partial charge in [-0.25, -0.2) is 4.98 Å². The Morgan fingerprint density at radius 3 is 3.06 bits per heavy atom. The van der Waals surface area contributed by atoms with Crippen LogP contribution in [0.3, 0.4) is 0 Å². The molecule has 1 atom stereocenters. The first-order valence-electron chi connectivity index (χ1n) is 5.85. The maximum atomic E-state index is 11.0. The highest BCUT2D eigenvalue weighted by atomic mass is 32.1. The third-order valence-electron chi connectivity index (χ3n) is 2.99. The summed E-state index contributed by atoms with van der Waals surface area (Å²) in [6.07, 6.45) is 3.34. The molecule has 0 amide bonds. The maximum Gasteiger partial charge on any atom is 0.306 e. The number of carbonyl (C=O) groups excluding carboxylic acids is 1. The van der Waals surface area contributed by atoms with Gasteiger partial charge in [0.2, 0.25) is 0 Å². The number of aromatic nitrogens is 1. The highest BCUT2D eigenvalue weighted by Crippen LogP contribution is 2.24. The van der Waals surface area contributed by atoms with Crippen LogP contribution < -0.4 is 0 Å². The third kappa shape index (κ3) is 2.31. The number of benzene rings is 1. The number of rotatable bonds is 3. The summed E-state index contributed by atoms with van der Waals surface area (Å²) in [7, 11) is 0. The predicted molar refractivity (Wildman–Crippen MR) is 67.1 cm³/mol. The first-order valence-corrected chi connectivity index (χ1v) is 6.67. The van der Waals surface area contributed by atoms with Gasteiger partial charge in [0.1, 0.15) is 6.10 Å². The fourth-order valence-electron chi connectivity index (χ4n) is 2.10. The molecule has 0 spiro atoms. The number of para-hydroxylation sites is 1. The summed E-state index contributed by atoms with van der Waals surface area (Å²) in [4.78, 5) is 15.5. The molecule has 4 heteroatoms. The molecule has 1 aromatic carbocycles. The van der Waals surface area contributed by atoms with E-state index >= 15 is 0 Å². The molecule has 17 heavy (non-hydrogen) atoms. The van der Waals surface area contributed by atoms with Crippen molar-refractivity contribution in [3.63, 3.8) is 0 Å². The molecule has 0 bridgehead atoms. The van der Waals surface area contributed by atoms with Crippen molar-refractivity contribution in [1.29, 1.82) is 0 Å².